The van der Waals surface area contributed by atoms with Crippen LogP contribution >= 0.6 is 0 Å². The van der Waals surface area contributed by atoms with Crippen LogP contribution in [0.1, 0.15) is 44.4 Å². The summed E-state index contributed by atoms with van der Waals surface area (Å²) >= 11 is 0. The van der Waals surface area contributed by atoms with Crippen molar-refractivity contribution in [3.8, 4) is 0 Å². The highest BCUT2D eigenvalue weighted by Crippen LogP contribution is 2.22. The molecule has 0 aliphatic carbocycles. The summed E-state index contributed by atoms with van der Waals surface area (Å²) < 4.78 is 0. The number of benzene rings is 2. The minimum Gasteiger partial charge on any atom is -0.361 e. The highest BCUT2D eigenvalue weighted by Gasteiger charge is 2.21. The number of hydrogen-bond acceptors (Lipinski definition) is 2. The van der Waals surface area contributed by atoms with Gasteiger partial charge in [0.1, 0.15) is 6.04 Å². The highest BCUT2D eigenvalue weighted by molar-refractivity contribution is 5.89. The number of aromatic nitrogens is 1. The lowest BCUT2D eigenvalue weighted by atomic mass is 9.87. The van der Waals surface area contributed by atoms with Crippen molar-refractivity contribution in [2.24, 2.45) is 0 Å². The molecule has 0 saturated heterocycles. The van der Waals surface area contributed by atoms with Gasteiger partial charge in [-0.25, -0.2) is 0 Å². The Morgan fingerprint density at radius 1 is 1.03 bits per heavy atom. The maximum absolute atomic E-state index is 12.8. The second-order valence-electron chi connectivity index (χ2n) is 8.48. The summed E-state index contributed by atoms with van der Waals surface area (Å²) in [6, 6.07) is 15.6. The van der Waals surface area contributed by atoms with Crippen LogP contribution in [0.25, 0.3) is 10.9 Å². The van der Waals surface area contributed by atoms with Crippen LogP contribution in [-0.2, 0) is 28.0 Å². The number of H-pyrrole nitrogens is 1. The molecule has 3 aromatic rings. The van der Waals surface area contributed by atoms with E-state index in [1.54, 1.807) is 0 Å². The third kappa shape index (κ3) is 5.25. The quantitative estimate of drug-likeness (QED) is 0.597. The molecule has 0 aliphatic heterocycles. The van der Waals surface area contributed by atoms with E-state index in [-0.39, 0.29) is 17.2 Å². The van der Waals surface area contributed by atoms with E-state index in [0.717, 1.165) is 22.0 Å². The maximum Gasteiger partial charge on any atom is 0.243 e. The van der Waals surface area contributed by atoms with Gasteiger partial charge in [0, 0.05) is 37.0 Å². The number of carbonyl (C=O) groups excluding carboxylic acids is 2. The largest absolute Gasteiger partial charge is 0.361 e. The molecule has 0 radical (unpaired) electrons. The van der Waals surface area contributed by atoms with Gasteiger partial charge in [0.15, 0.2) is 0 Å². The van der Waals surface area contributed by atoms with Crippen molar-refractivity contribution < 1.29 is 9.59 Å². The minimum absolute atomic E-state index is 0.0949. The van der Waals surface area contributed by atoms with E-state index in [4.69, 9.17) is 0 Å². The van der Waals surface area contributed by atoms with Crippen molar-refractivity contribution in [3.05, 3.63) is 71.4 Å². The summed E-state index contributed by atoms with van der Waals surface area (Å²) in [5.41, 5.74) is 4.40. The number of rotatable bonds is 6. The number of aromatic amines is 1. The number of carbonyl (C=O) groups is 2. The van der Waals surface area contributed by atoms with Crippen molar-refractivity contribution in [2.75, 3.05) is 0 Å². The predicted molar refractivity (Wildman–Crippen MR) is 117 cm³/mol. The summed E-state index contributed by atoms with van der Waals surface area (Å²) in [5, 5.41) is 6.81. The Labute approximate surface area is 171 Å². The molecule has 5 heteroatoms. The Hall–Kier alpha value is -3.08. The molecule has 1 heterocycles. The second kappa shape index (κ2) is 8.52. The first-order valence-electron chi connectivity index (χ1n) is 9.93. The zero-order chi connectivity index (χ0) is 21.0. The fourth-order valence-electron chi connectivity index (χ4n) is 3.41. The Morgan fingerprint density at radius 3 is 2.38 bits per heavy atom. The van der Waals surface area contributed by atoms with Gasteiger partial charge < -0.3 is 15.6 Å². The lowest BCUT2D eigenvalue weighted by Crippen LogP contribution is -2.47. The predicted octanol–water partition coefficient (Wildman–Crippen LogP) is 3.83. The van der Waals surface area contributed by atoms with E-state index in [1.165, 1.54) is 12.5 Å². The smallest absolute Gasteiger partial charge is 0.243 e. The summed E-state index contributed by atoms with van der Waals surface area (Å²) in [4.78, 5) is 27.7. The molecule has 3 rings (SSSR count). The van der Waals surface area contributed by atoms with E-state index in [9.17, 15) is 9.59 Å². The van der Waals surface area contributed by atoms with Crippen LogP contribution < -0.4 is 10.6 Å². The molecule has 5 nitrogen and oxygen atoms in total. The van der Waals surface area contributed by atoms with Crippen LogP contribution in [-0.4, -0.2) is 22.8 Å². The molecule has 0 aliphatic rings. The monoisotopic (exact) mass is 391 g/mol. The first-order chi connectivity index (χ1) is 13.7. The standard InChI is InChI=1S/C24H29N3O2/c1-16(28)27-22(13-18-15-25-21-8-6-5-7-20(18)21)23(29)26-14-17-9-11-19(12-10-17)24(2,3)4/h5-12,15,22,25H,13-14H2,1-4H3,(H,26,29)(H,27,28)/t22-/m0/s1. The zero-order valence-electron chi connectivity index (χ0n) is 17.5. The normalized spacial score (nSPS) is 12.6. The van der Waals surface area contributed by atoms with Gasteiger partial charge in [0.05, 0.1) is 0 Å². The Kier molecular flexibility index (Phi) is 6.06. The van der Waals surface area contributed by atoms with E-state index in [2.05, 4.69) is 48.5 Å². The van der Waals surface area contributed by atoms with E-state index < -0.39 is 6.04 Å². The van der Waals surface area contributed by atoms with Gasteiger partial charge in [-0.15, -0.1) is 0 Å². The highest BCUT2D eigenvalue weighted by atomic mass is 16.2. The van der Waals surface area contributed by atoms with Gasteiger partial charge >= 0.3 is 0 Å². The molecular weight excluding hydrogens is 362 g/mol. The van der Waals surface area contributed by atoms with Gasteiger partial charge in [-0.05, 0) is 28.2 Å². The minimum atomic E-state index is -0.624. The van der Waals surface area contributed by atoms with Crippen molar-refractivity contribution in [1.82, 2.24) is 15.6 Å². The lowest BCUT2D eigenvalue weighted by molar-refractivity contribution is -0.128. The topological polar surface area (TPSA) is 74.0 Å². The van der Waals surface area contributed by atoms with E-state index in [1.807, 2.05) is 42.6 Å². The number of hydrogen-bond donors (Lipinski definition) is 3. The summed E-state index contributed by atoms with van der Waals surface area (Å²) in [6.45, 7) is 8.37. The first kappa shape index (κ1) is 20.6. The van der Waals surface area contributed by atoms with Crippen LogP contribution in [0.5, 0.6) is 0 Å². The van der Waals surface area contributed by atoms with Crippen molar-refractivity contribution in [3.63, 3.8) is 0 Å². The number of amides is 2. The van der Waals surface area contributed by atoms with Gasteiger partial charge in [0.2, 0.25) is 11.8 Å². The molecular formula is C24H29N3O2. The SMILES string of the molecule is CC(=O)N[C@@H](Cc1c[nH]c2ccccc12)C(=O)NCc1ccc(C(C)(C)C)cc1. The Morgan fingerprint density at radius 2 is 1.72 bits per heavy atom. The molecule has 152 valence electrons. The average molecular weight is 392 g/mol. The molecule has 0 bridgehead atoms. The van der Waals surface area contributed by atoms with Crippen LogP contribution in [0, 0.1) is 0 Å². The average Bonchev–Trinajstić information content (AvgIpc) is 3.08. The lowest BCUT2D eigenvalue weighted by Gasteiger charge is -2.20. The Balaban J connectivity index is 1.68. The van der Waals surface area contributed by atoms with Crippen LogP contribution in [0.3, 0.4) is 0 Å². The van der Waals surface area contributed by atoms with E-state index >= 15 is 0 Å². The van der Waals surface area contributed by atoms with Crippen LogP contribution in [0.15, 0.2) is 54.7 Å². The van der Waals surface area contributed by atoms with Crippen molar-refractivity contribution in [2.45, 2.75) is 52.1 Å². The summed E-state index contributed by atoms with van der Waals surface area (Å²) in [6.07, 6.45) is 2.33. The van der Waals surface area contributed by atoms with Gasteiger partial charge in [-0.3, -0.25) is 9.59 Å². The van der Waals surface area contributed by atoms with Crippen molar-refractivity contribution in [1.29, 1.82) is 0 Å². The molecule has 29 heavy (non-hydrogen) atoms. The molecule has 0 saturated carbocycles. The van der Waals surface area contributed by atoms with Gasteiger partial charge in [-0.2, -0.15) is 0 Å². The van der Waals surface area contributed by atoms with E-state index in [0.29, 0.717) is 13.0 Å². The van der Waals surface area contributed by atoms with Crippen LogP contribution in [0.4, 0.5) is 0 Å². The number of nitrogens with one attached hydrogen (secondary N) is 3. The third-order valence-corrected chi connectivity index (χ3v) is 5.08. The molecule has 1 aromatic heterocycles. The molecule has 2 amide bonds. The summed E-state index contributed by atoms with van der Waals surface area (Å²) in [7, 11) is 0. The second-order valence-corrected chi connectivity index (χ2v) is 8.48. The molecule has 3 N–H and O–H groups in total. The fourth-order valence-corrected chi connectivity index (χ4v) is 3.41. The third-order valence-electron chi connectivity index (χ3n) is 5.08. The molecule has 0 unspecified atom stereocenters. The molecule has 1 atom stereocenters. The first-order valence-corrected chi connectivity index (χ1v) is 9.93. The Bertz CT molecular complexity index is 997. The molecule has 0 fully saturated rings. The zero-order valence-corrected chi connectivity index (χ0v) is 17.5. The van der Waals surface area contributed by atoms with Crippen LogP contribution in [0.2, 0.25) is 0 Å². The van der Waals surface area contributed by atoms with Gasteiger partial charge in [-0.1, -0.05) is 63.2 Å². The summed E-state index contributed by atoms with van der Waals surface area (Å²) in [5.74, 6) is -0.412. The molecule has 2 aromatic carbocycles. The maximum atomic E-state index is 12.8. The fraction of sp³-hybridized carbons (Fsp3) is 0.333. The van der Waals surface area contributed by atoms with Gasteiger partial charge in [0.25, 0.3) is 0 Å². The van der Waals surface area contributed by atoms with Crippen molar-refractivity contribution >= 4 is 22.7 Å². The molecule has 0 spiro atoms. The number of fused-ring (bicyclic) bond motifs is 1. The number of para-hydroxylation sites is 1.